The summed E-state index contributed by atoms with van der Waals surface area (Å²) in [6.45, 7) is 6.32. The highest BCUT2D eigenvalue weighted by atomic mass is 16.2. The number of nitrogens with one attached hydrogen (secondary N) is 2. The topological polar surface area (TPSA) is 78.5 Å². The van der Waals surface area contributed by atoms with Crippen molar-refractivity contribution in [2.45, 2.75) is 45.2 Å². The number of carbonyl (C=O) groups excluding carboxylic acids is 3. The SMILES string of the molecule is CCCCN1C(=O)[C@@H]2C(C)NC3(C(=O)Nc4ccc(C)cc43)[C@@H]2C1=O. The molecule has 0 bridgehead atoms. The molecule has 6 nitrogen and oxygen atoms in total. The van der Waals surface area contributed by atoms with Gasteiger partial charge in [-0.1, -0.05) is 31.0 Å². The van der Waals surface area contributed by atoms with E-state index < -0.39 is 17.4 Å². The van der Waals surface area contributed by atoms with E-state index in [2.05, 4.69) is 10.6 Å². The second-order valence-electron chi connectivity index (χ2n) is 7.43. The minimum Gasteiger partial charge on any atom is -0.324 e. The fourth-order valence-electron chi connectivity index (χ4n) is 4.67. The summed E-state index contributed by atoms with van der Waals surface area (Å²) in [5.74, 6) is -1.75. The molecule has 6 heteroatoms. The van der Waals surface area contributed by atoms with Crippen LogP contribution in [0.4, 0.5) is 5.69 Å². The first kappa shape index (κ1) is 16.3. The Kier molecular flexibility index (Phi) is 3.51. The predicted molar refractivity (Wildman–Crippen MR) is 92.7 cm³/mol. The minimum atomic E-state index is -1.14. The number of nitrogens with zero attached hydrogens (tertiary/aromatic N) is 1. The van der Waals surface area contributed by atoms with Crippen molar-refractivity contribution in [3.8, 4) is 0 Å². The van der Waals surface area contributed by atoms with Gasteiger partial charge in [-0.15, -0.1) is 0 Å². The van der Waals surface area contributed by atoms with Crippen molar-refractivity contribution in [2.24, 2.45) is 11.8 Å². The van der Waals surface area contributed by atoms with Gasteiger partial charge in [0.1, 0.15) is 5.54 Å². The van der Waals surface area contributed by atoms with E-state index in [0.717, 1.165) is 29.7 Å². The number of aryl methyl sites for hydroxylation is 1. The molecule has 2 fully saturated rings. The molecule has 1 spiro atoms. The van der Waals surface area contributed by atoms with Crippen molar-refractivity contribution in [3.05, 3.63) is 29.3 Å². The van der Waals surface area contributed by atoms with Crippen LogP contribution in [0.1, 0.15) is 37.8 Å². The van der Waals surface area contributed by atoms with Crippen molar-refractivity contribution in [2.75, 3.05) is 11.9 Å². The molecule has 0 aliphatic carbocycles. The number of likely N-dealkylation sites (tertiary alicyclic amines) is 1. The number of fused-ring (bicyclic) bond motifs is 4. The van der Waals surface area contributed by atoms with Crippen molar-refractivity contribution >= 4 is 23.4 Å². The molecule has 2 saturated heterocycles. The Bertz CT molecular complexity index is 790. The summed E-state index contributed by atoms with van der Waals surface area (Å²) in [6, 6.07) is 5.52. The Morgan fingerprint density at radius 1 is 1.20 bits per heavy atom. The van der Waals surface area contributed by atoms with Crippen LogP contribution in [0.2, 0.25) is 0 Å². The maximum Gasteiger partial charge on any atom is 0.250 e. The highest BCUT2D eigenvalue weighted by Crippen LogP contribution is 2.52. The highest BCUT2D eigenvalue weighted by Gasteiger charge is 2.69. The average molecular weight is 341 g/mol. The van der Waals surface area contributed by atoms with Crippen LogP contribution in [0.15, 0.2) is 18.2 Å². The van der Waals surface area contributed by atoms with Gasteiger partial charge in [-0.3, -0.25) is 24.6 Å². The summed E-state index contributed by atoms with van der Waals surface area (Å²) >= 11 is 0. The summed E-state index contributed by atoms with van der Waals surface area (Å²) in [5, 5.41) is 6.22. The van der Waals surface area contributed by atoms with Crippen LogP contribution in [0.5, 0.6) is 0 Å². The first-order valence-corrected chi connectivity index (χ1v) is 8.97. The first-order valence-electron chi connectivity index (χ1n) is 8.97. The van der Waals surface area contributed by atoms with E-state index in [4.69, 9.17) is 0 Å². The molecule has 4 rings (SSSR count). The van der Waals surface area contributed by atoms with Crippen molar-refractivity contribution < 1.29 is 14.4 Å². The number of benzene rings is 1. The van der Waals surface area contributed by atoms with Crippen LogP contribution >= 0.6 is 0 Å². The Balaban J connectivity index is 1.83. The standard InChI is InChI=1S/C19H23N3O3/c1-4-5-8-22-16(23)14-11(3)21-19(15(14)17(22)24)12-9-10(2)6-7-13(12)20-18(19)25/h6-7,9,11,14-15,21H,4-5,8H2,1-3H3,(H,20,25)/t11?,14-,15+,19?/m1/s1. The Morgan fingerprint density at radius 3 is 2.68 bits per heavy atom. The first-order chi connectivity index (χ1) is 11.9. The third-order valence-corrected chi connectivity index (χ3v) is 5.84. The van der Waals surface area contributed by atoms with E-state index in [1.807, 2.05) is 39.0 Å². The Morgan fingerprint density at radius 2 is 1.96 bits per heavy atom. The maximum atomic E-state index is 13.1. The van der Waals surface area contributed by atoms with Gasteiger partial charge < -0.3 is 5.32 Å². The molecule has 25 heavy (non-hydrogen) atoms. The lowest BCUT2D eigenvalue weighted by molar-refractivity contribution is -0.142. The van der Waals surface area contributed by atoms with E-state index in [1.54, 1.807) is 0 Å². The molecule has 2 N–H and O–H groups in total. The van der Waals surface area contributed by atoms with E-state index in [0.29, 0.717) is 6.54 Å². The van der Waals surface area contributed by atoms with Gasteiger partial charge in [-0.25, -0.2) is 0 Å². The second kappa shape index (κ2) is 5.39. The molecule has 3 heterocycles. The molecule has 1 aromatic carbocycles. The van der Waals surface area contributed by atoms with E-state index in [1.165, 1.54) is 4.90 Å². The number of anilines is 1. The van der Waals surface area contributed by atoms with Crippen LogP contribution in [0.25, 0.3) is 0 Å². The van der Waals surface area contributed by atoms with Crippen molar-refractivity contribution in [1.29, 1.82) is 0 Å². The van der Waals surface area contributed by atoms with Crippen LogP contribution in [-0.4, -0.2) is 35.2 Å². The highest BCUT2D eigenvalue weighted by molar-refractivity contribution is 6.15. The molecule has 0 saturated carbocycles. The Hall–Kier alpha value is -2.21. The van der Waals surface area contributed by atoms with Gasteiger partial charge in [0.2, 0.25) is 17.7 Å². The van der Waals surface area contributed by atoms with Crippen LogP contribution < -0.4 is 10.6 Å². The molecule has 2 unspecified atom stereocenters. The monoisotopic (exact) mass is 341 g/mol. The van der Waals surface area contributed by atoms with Gasteiger partial charge in [-0.05, 0) is 26.3 Å². The zero-order valence-electron chi connectivity index (χ0n) is 14.8. The van der Waals surface area contributed by atoms with Gasteiger partial charge >= 0.3 is 0 Å². The number of amides is 3. The molecule has 3 amide bonds. The van der Waals surface area contributed by atoms with Gasteiger partial charge in [-0.2, -0.15) is 0 Å². The molecule has 0 radical (unpaired) electrons. The van der Waals surface area contributed by atoms with E-state index in [9.17, 15) is 14.4 Å². The molecule has 3 aliphatic rings. The summed E-state index contributed by atoms with van der Waals surface area (Å²) in [6.07, 6.45) is 1.70. The summed E-state index contributed by atoms with van der Waals surface area (Å²) in [4.78, 5) is 40.4. The minimum absolute atomic E-state index is 0.144. The van der Waals surface area contributed by atoms with Crippen molar-refractivity contribution in [3.63, 3.8) is 0 Å². The molecule has 0 aromatic heterocycles. The molecule has 4 atom stereocenters. The summed E-state index contributed by atoms with van der Waals surface area (Å²) in [5.41, 5.74) is 1.39. The molecule has 132 valence electrons. The number of imide groups is 1. The van der Waals surface area contributed by atoms with Gasteiger partial charge in [0.15, 0.2) is 0 Å². The fraction of sp³-hybridized carbons (Fsp3) is 0.526. The lowest BCUT2D eigenvalue weighted by atomic mass is 9.76. The zero-order valence-corrected chi connectivity index (χ0v) is 14.8. The average Bonchev–Trinajstić information content (AvgIpc) is 3.12. The smallest absolute Gasteiger partial charge is 0.250 e. The number of rotatable bonds is 3. The van der Waals surface area contributed by atoms with Gasteiger partial charge in [0, 0.05) is 23.8 Å². The predicted octanol–water partition coefficient (Wildman–Crippen LogP) is 1.54. The van der Waals surface area contributed by atoms with E-state index in [-0.39, 0.29) is 23.8 Å². The fourth-order valence-corrected chi connectivity index (χ4v) is 4.67. The number of carbonyl (C=O) groups is 3. The normalized spacial score (nSPS) is 33.2. The van der Waals surface area contributed by atoms with Crippen molar-refractivity contribution in [1.82, 2.24) is 10.2 Å². The van der Waals surface area contributed by atoms with Crippen LogP contribution in [-0.2, 0) is 19.9 Å². The van der Waals surface area contributed by atoms with Crippen LogP contribution in [0, 0.1) is 18.8 Å². The molecule has 3 aliphatic heterocycles. The molecule has 1 aromatic rings. The lowest BCUT2D eigenvalue weighted by Gasteiger charge is -2.29. The third-order valence-electron chi connectivity index (χ3n) is 5.84. The zero-order chi connectivity index (χ0) is 17.9. The number of hydrogen-bond donors (Lipinski definition) is 2. The van der Waals surface area contributed by atoms with Gasteiger partial charge in [0.05, 0.1) is 11.8 Å². The molecular formula is C19H23N3O3. The second-order valence-corrected chi connectivity index (χ2v) is 7.43. The number of unbranched alkanes of at least 4 members (excludes halogenated alkanes) is 1. The summed E-state index contributed by atoms with van der Waals surface area (Å²) < 4.78 is 0. The Labute approximate surface area is 147 Å². The quantitative estimate of drug-likeness (QED) is 0.818. The maximum absolute atomic E-state index is 13.1. The van der Waals surface area contributed by atoms with Gasteiger partial charge in [0.25, 0.3) is 0 Å². The number of hydrogen-bond acceptors (Lipinski definition) is 4. The largest absolute Gasteiger partial charge is 0.324 e. The lowest BCUT2D eigenvalue weighted by Crippen LogP contribution is -2.53. The van der Waals surface area contributed by atoms with Crippen LogP contribution in [0.3, 0.4) is 0 Å². The summed E-state index contributed by atoms with van der Waals surface area (Å²) in [7, 11) is 0. The molecular weight excluding hydrogens is 318 g/mol. The van der Waals surface area contributed by atoms with E-state index >= 15 is 0 Å². The third kappa shape index (κ3) is 1.97.